The molecule has 3 heterocycles. The number of aromatic amines is 1. The number of aryl methyl sites for hydroxylation is 1. The number of nitrogens with one attached hydrogen (secondary N) is 2. The van der Waals surface area contributed by atoms with Crippen molar-refractivity contribution in [3.05, 3.63) is 74.8 Å². The summed E-state index contributed by atoms with van der Waals surface area (Å²) < 4.78 is 58.9. The Bertz CT molecular complexity index is 1540. The van der Waals surface area contributed by atoms with Gasteiger partial charge in [-0.3, -0.25) is 9.59 Å². The number of nitrogens with zero attached hydrogens (tertiary/aromatic N) is 3. The Hall–Kier alpha value is -4.00. The first-order valence-corrected chi connectivity index (χ1v) is 12.5. The maximum absolute atomic E-state index is 15.3. The summed E-state index contributed by atoms with van der Waals surface area (Å²) in [6, 6.07) is 2.98. The van der Waals surface area contributed by atoms with E-state index >= 15 is 4.39 Å². The highest BCUT2D eigenvalue weighted by Crippen LogP contribution is 2.38. The minimum Gasteiger partial charge on any atom is -0.435 e. The fourth-order valence-electron chi connectivity index (χ4n) is 5.07. The fraction of sp³-hybridized carbons (Fsp3) is 0.423. The zero-order valence-electron chi connectivity index (χ0n) is 21.2. The number of ether oxygens (including phenoxy) is 1. The third-order valence-corrected chi connectivity index (χ3v) is 7.08. The molecule has 0 bridgehead atoms. The molecule has 1 aromatic carbocycles. The van der Waals surface area contributed by atoms with Crippen molar-refractivity contribution in [2.45, 2.75) is 50.7 Å². The Balaban J connectivity index is 1.54. The number of fused-ring (bicyclic) bond motifs is 1. The van der Waals surface area contributed by atoms with Gasteiger partial charge in [-0.2, -0.15) is 0 Å². The van der Waals surface area contributed by atoms with Crippen molar-refractivity contribution in [3.63, 3.8) is 0 Å². The smallest absolute Gasteiger partial charge is 0.276 e. The van der Waals surface area contributed by atoms with E-state index in [0.717, 1.165) is 12.3 Å². The van der Waals surface area contributed by atoms with Gasteiger partial charge in [-0.1, -0.05) is 5.16 Å². The molecule has 0 saturated heterocycles. The molecular formula is C26H26F3N5O5. The van der Waals surface area contributed by atoms with Crippen molar-refractivity contribution in [3.8, 4) is 0 Å². The van der Waals surface area contributed by atoms with Crippen LogP contribution in [0.25, 0.3) is 11.1 Å². The van der Waals surface area contributed by atoms with Crippen molar-refractivity contribution in [1.82, 2.24) is 25.6 Å². The minimum atomic E-state index is -0.938. The van der Waals surface area contributed by atoms with Gasteiger partial charge >= 0.3 is 0 Å². The average molecular weight is 546 g/mol. The van der Waals surface area contributed by atoms with Crippen molar-refractivity contribution in [1.29, 1.82) is 0 Å². The van der Waals surface area contributed by atoms with Crippen LogP contribution >= 0.6 is 0 Å². The van der Waals surface area contributed by atoms with Crippen LogP contribution in [0.15, 0.2) is 38.2 Å². The number of methoxy groups -OCH3 is 1. The van der Waals surface area contributed by atoms with Gasteiger partial charge in [0.1, 0.15) is 29.2 Å². The fourth-order valence-corrected chi connectivity index (χ4v) is 5.07. The summed E-state index contributed by atoms with van der Waals surface area (Å²) in [5, 5.41) is 10.1. The van der Waals surface area contributed by atoms with E-state index in [1.165, 1.54) is 19.2 Å². The lowest BCUT2D eigenvalue weighted by molar-refractivity contribution is 0.0876. The van der Waals surface area contributed by atoms with Gasteiger partial charge in [-0.25, -0.2) is 22.8 Å². The van der Waals surface area contributed by atoms with Crippen LogP contribution < -0.4 is 10.9 Å². The van der Waals surface area contributed by atoms with Gasteiger partial charge in [0.15, 0.2) is 17.1 Å². The molecule has 1 aliphatic rings. The summed E-state index contributed by atoms with van der Waals surface area (Å²) in [6.07, 6.45) is 1.51. The largest absolute Gasteiger partial charge is 0.435 e. The lowest BCUT2D eigenvalue weighted by atomic mass is 9.83. The van der Waals surface area contributed by atoms with Gasteiger partial charge in [0, 0.05) is 24.8 Å². The highest BCUT2D eigenvalue weighted by Gasteiger charge is 2.35. The molecule has 1 saturated carbocycles. The number of hydrogen-bond acceptors (Lipinski definition) is 8. The van der Waals surface area contributed by atoms with Crippen LogP contribution in [0.2, 0.25) is 0 Å². The topological polar surface area (TPSA) is 136 Å². The summed E-state index contributed by atoms with van der Waals surface area (Å²) in [4.78, 5) is 32.2. The Morgan fingerprint density at radius 3 is 2.67 bits per heavy atom. The highest BCUT2D eigenvalue weighted by atomic mass is 19.1. The Kier molecular flexibility index (Phi) is 7.51. The van der Waals surface area contributed by atoms with E-state index in [2.05, 4.69) is 30.2 Å². The van der Waals surface area contributed by atoms with Crippen LogP contribution in [0.3, 0.4) is 0 Å². The van der Waals surface area contributed by atoms with Gasteiger partial charge in [-0.05, 0) is 67.4 Å². The van der Waals surface area contributed by atoms with E-state index in [-0.39, 0.29) is 46.5 Å². The predicted octanol–water partition coefficient (Wildman–Crippen LogP) is 4.26. The van der Waals surface area contributed by atoms with Crippen LogP contribution in [0.4, 0.5) is 13.2 Å². The van der Waals surface area contributed by atoms with Crippen LogP contribution in [0.1, 0.15) is 70.8 Å². The molecule has 1 amide bonds. The molecule has 5 rings (SSSR count). The molecule has 3 aromatic heterocycles. The number of halogens is 3. The molecule has 1 aliphatic carbocycles. The second-order valence-electron chi connectivity index (χ2n) is 9.67. The second-order valence-corrected chi connectivity index (χ2v) is 9.67. The summed E-state index contributed by atoms with van der Waals surface area (Å²) in [5.74, 6) is -3.00. The molecule has 2 N–H and O–H groups in total. The molecule has 206 valence electrons. The summed E-state index contributed by atoms with van der Waals surface area (Å²) >= 11 is 0. The number of pyridine rings is 1. The van der Waals surface area contributed by atoms with Gasteiger partial charge in [0.2, 0.25) is 5.89 Å². The van der Waals surface area contributed by atoms with Gasteiger partial charge in [-0.15, -0.1) is 0 Å². The van der Waals surface area contributed by atoms with E-state index in [9.17, 15) is 18.4 Å². The quantitative estimate of drug-likeness (QED) is 0.335. The number of rotatable bonds is 8. The molecule has 0 unspecified atom stereocenters. The SMILES string of the molecule is COC[C@H](c1cc(F)c2oc([C@@H](NC(=O)c3nonc3C)C3CCC(F)CC3)nc2c1)c1cc(F)c[nH]c1=O. The summed E-state index contributed by atoms with van der Waals surface area (Å²) in [6.45, 7) is 1.53. The van der Waals surface area contributed by atoms with E-state index < -0.39 is 41.2 Å². The number of H-pyrrole nitrogens is 1. The van der Waals surface area contributed by atoms with E-state index in [4.69, 9.17) is 9.15 Å². The summed E-state index contributed by atoms with van der Waals surface area (Å²) in [5.41, 5.74) is 0.0747. The zero-order chi connectivity index (χ0) is 27.7. The van der Waals surface area contributed by atoms with Crippen LogP contribution in [0, 0.1) is 24.5 Å². The third kappa shape index (κ3) is 5.44. The number of carbonyl (C=O) groups excluding carboxylic acids is 1. The van der Waals surface area contributed by atoms with Gasteiger partial charge in [0.05, 0.1) is 6.61 Å². The molecule has 4 aromatic rings. The first-order valence-electron chi connectivity index (χ1n) is 12.5. The number of oxazole rings is 1. The first kappa shape index (κ1) is 26.6. The highest BCUT2D eigenvalue weighted by molar-refractivity contribution is 5.93. The molecule has 0 spiro atoms. The van der Waals surface area contributed by atoms with Crippen LogP contribution in [-0.2, 0) is 4.74 Å². The van der Waals surface area contributed by atoms with Crippen LogP contribution in [-0.4, -0.2) is 46.1 Å². The molecule has 13 heteroatoms. The minimum absolute atomic E-state index is 0.0218. The molecule has 1 fully saturated rings. The molecule has 0 aliphatic heterocycles. The standard InChI is InChI=1S/C26H26F3N5O5/c1-12-21(34-39-33-12)25(36)32-22(13-3-5-15(27)6-4-13)26-31-20-8-14(7-19(29)23(20)38-26)18(11-37-2)17-9-16(28)10-30-24(17)35/h7-10,13,15,18,22H,3-6,11H2,1-2H3,(H,30,35)(H,32,36)/t13?,15?,18-,22+/m1/s1. The third-order valence-electron chi connectivity index (χ3n) is 7.08. The van der Waals surface area contributed by atoms with Crippen LogP contribution in [0.5, 0.6) is 0 Å². The lowest BCUT2D eigenvalue weighted by Gasteiger charge is -2.30. The number of amides is 1. The number of aromatic nitrogens is 4. The van der Waals surface area contributed by atoms with E-state index in [0.29, 0.717) is 31.2 Å². The molecule has 2 atom stereocenters. The van der Waals surface area contributed by atoms with Crippen molar-refractivity contribution in [2.75, 3.05) is 13.7 Å². The Morgan fingerprint density at radius 1 is 1.21 bits per heavy atom. The second kappa shape index (κ2) is 11.0. The van der Waals surface area contributed by atoms with Crippen molar-refractivity contribution < 1.29 is 31.7 Å². The summed E-state index contributed by atoms with van der Waals surface area (Å²) in [7, 11) is 1.41. The van der Waals surface area contributed by atoms with Crippen molar-refractivity contribution >= 4 is 17.0 Å². The normalized spacial score (nSPS) is 19.2. The first-order chi connectivity index (χ1) is 18.7. The van der Waals surface area contributed by atoms with Gasteiger partial charge in [0.25, 0.3) is 11.5 Å². The molecule has 0 radical (unpaired) electrons. The number of carbonyl (C=O) groups is 1. The average Bonchev–Trinajstić information content (AvgIpc) is 3.54. The monoisotopic (exact) mass is 545 g/mol. The van der Waals surface area contributed by atoms with E-state index in [1.54, 1.807) is 6.92 Å². The molecular weight excluding hydrogens is 519 g/mol. The maximum Gasteiger partial charge on any atom is 0.276 e. The Morgan fingerprint density at radius 2 is 1.97 bits per heavy atom. The Labute approximate surface area is 219 Å². The lowest BCUT2D eigenvalue weighted by Crippen LogP contribution is -2.36. The molecule has 10 nitrogen and oxygen atoms in total. The zero-order valence-corrected chi connectivity index (χ0v) is 21.2. The predicted molar refractivity (Wildman–Crippen MR) is 131 cm³/mol. The van der Waals surface area contributed by atoms with Gasteiger partial charge < -0.3 is 19.5 Å². The molecule has 39 heavy (non-hydrogen) atoms. The number of benzene rings is 1. The number of alkyl halides is 1. The number of hydrogen-bond donors (Lipinski definition) is 2. The van der Waals surface area contributed by atoms with Crippen molar-refractivity contribution in [2.24, 2.45) is 5.92 Å². The maximum atomic E-state index is 15.3. The van der Waals surface area contributed by atoms with E-state index in [1.807, 2.05) is 0 Å².